The monoisotopic (exact) mass is 365 g/mol. The molecule has 0 aromatic carbocycles. The fourth-order valence-electron chi connectivity index (χ4n) is 4.92. The van der Waals surface area contributed by atoms with Gasteiger partial charge in [0.2, 0.25) is 10.0 Å². The van der Waals surface area contributed by atoms with Gasteiger partial charge in [0.1, 0.15) is 5.82 Å². The van der Waals surface area contributed by atoms with Crippen molar-refractivity contribution < 1.29 is 8.42 Å². The zero-order valence-electron chi connectivity index (χ0n) is 15.2. The van der Waals surface area contributed by atoms with Crippen molar-refractivity contribution in [1.29, 1.82) is 0 Å². The van der Waals surface area contributed by atoms with Gasteiger partial charge < -0.3 is 4.57 Å². The van der Waals surface area contributed by atoms with Crippen LogP contribution in [0.2, 0.25) is 0 Å². The van der Waals surface area contributed by atoms with E-state index in [1.165, 1.54) is 50.0 Å². The van der Waals surface area contributed by atoms with E-state index >= 15 is 0 Å². The summed E-state index contributed by atoms with van der Waals surface area (Å²) < 4.78 is 29.5. The number of sulfonamides is 1. The minimum Gasteiger partial charge on any atom is -0.332 e. The summed E-state index contributed by atoms with van der Waals surface area (Å²) in [5.74, 6) is 2.62. The molecule has 5 nitrogen and oxygen atoms in total. The maximum absolute atomic E-state index is 12.7. The first-order valence-corrected chi connectivity index (χ1v) is 11.8. The Hall–Kier alpha value is -0.880. The molecule has 140 valence electrons. The molecular weight excluding hydrogens is 334 g/mol. The normalized spacial score (nSPS) is 23.8. The van der Waals surface area contributed by atoms with Crippen LogP contribution in [0.3, 0.4) is 0 Å². The summed E-state index contributed by atoms with van der Waals surface area (Å²) in [5.41, 5.74) is 1.37. The molecule has 1 aliphatic carbocycles. The van der Waals surface area contributed by atoms with Crippen molar-refractivity contribution in [3.63, 3.8) is 0 Å². The molecule has 0 unspecified atom stereocenters. The standard InChI is InChI=1S/C19H31N3O2S/c23-25(24,14-10-16-5-1-2-6-16)21-12-8-17(9-13-21)19-20-15-18-7-3-4-11-22(18)19/h15-17H,1-14H2. The molecule has 3 aliphatic rings. The number of rotatable bonds is 5. The third kappa shape index (κ3) is 3.80. The Morgan fingerprint density at radius 1 is 1.00 bits per heavy atom. The summed E-state index contributed by atoms with van der Waals surface area (Å²) in [6, 6.07) is 0. The van der Waals surface area contributed by atoms with E-state index in [9.17, 15) is 8.42 Å². The van der Waals surface area contributed by atoms with Crippen LogP contribution in [0.4, 0.5) is 0 Å². The Morgan fingerprint density at radius 3 is 2.52 bits per heavy atom. The van der Waals surface area contributed by atoms with Crippen LogP contribution in [0, 0.1) is 5.92 Å². The molecule has 2 aliphatic heterocycles. The molecule has 1 aromatic heterocycles. The third-order valence-electron chi connectivity index (χ3n) is 6.50. The van der Waals surface area contributed by atoms with E-state index in [0.29, 0.717) is 30.7 Å². The average Bonchev–Trinajstić information content (AvgIpc) is 3.30. The van der Waals surface area contributed by atoms with Crippen LogP contribution in [-0.4, -0.2) is 41.1 Å². The van der Waals surface area contributed by atoms with Gasteiger partial charge in [-0.15, -0.1) is 0 Å². The molecule has 0 bridgehead atoms. The summed E-state index contributed by atoms with van der Waals surface area (Å²) >= 11 is 0. The molecule has 1 aromatic rings. The lowest BCUT2D eigenvalue weighted by Crippen LogP contribution is -2.40. The van der Waals surface area contributed by atoms with Crippen LogP contribution >= 0.6 is 0 Å². The number of aryl methyl sites for hydroxylation is 1. The Balaban J connectivity index is 1.34. The first-order chi connectivity index (χ1) is 12.1. The first kappa shape index (κ1) is 17.5. The van der Waals surface area contributed by atoms with E-state index in [0.717, 1.165) is 32.2 Å². The van der Waals surface area contributed by atoms with E-state index in [-0.39, 0.29) is 0 Å². The van der Waals surface area contributed by atoms with Gasteiger partial charge in [0.05, 0.1) is 5.75 Å². The van der Waals surface area contributed by atoms with Gasteiger partial charge in [-0.25, -0.2) is 17.7 Å². The van der Waals surface area contributed by atoms with E-state index in [1.54, 1.807) is 4.31 Å². The van der Waals surface area contributed by atoms with Crippen LogP contribution in [-0.2, 0) is 23.0 Å². The lowest BCUT2D eigenvalue weighted by molar-refractivity contribution is 0.306. The van der Waals surface area contributed by atoms with Crippen LogP contribution in [0.25, 0.3) is 0 Å². The number of aromatic nitrogens is 2. The molecule has 0 N–H and O–H groups in total. The number of nitrogens with zero attached hydrogens (tertiary/aromatic N) is 3. The van der Waals surface area contributed by atoms with Gasteiger partial charge in [-0.2, -0.15) is 0 Å². The van der Waals surface area contributed by atoms with Gasteiger partial charge in [-0.1, -0.05) is 25.7 Å². The van der Waals surface area contributed by atoms with Crippen molar-refractivity contribution in [1.82, 2.24) is 13.9 Å². The lowest BCUT2D eigenvalue weighted by Gasteiger charge is -2.32. The largest absolute Gasteiger partial charge is 0.332 e. The predicted octanol–water partition coefficient (Wildman–Crippen LogP) is 3.31. The fraction of sp³-hybridized carbons (Fsp3) is 0.842. The second-order valence-electron chi connectivity index (χ2n) is 8.14. The Kier molecular flexibility index (Phi) is 5.18. The predicted molar refractivity (Wildman–Crippen MR) is 99.1 cm³/mol. The van der Waals surface area contributed by atoms with Crippen molar-refractivity contribution in [2.75, 3.05) is 18.8 Å². The van der Waals surface area contributed by atoms with Gasteiger partial charge >= 0.3 is 0 Å². The molecular formula is C19H31N3O2S. The van der Waals surface area contributed by atoms with Crippen molar-refractivity contribution in [2.24, 2.45) is 5.92 Å². The van der Waals surface area contributed by atoms with E-state index < -0.39 is 10.0 Å². The topological polar surface area (TPSA) is 55.2 Å². The van der Waals surface area contributed by atoms with Crippen molar-refractivity contribution >= 4 is 10.0 Å². The SMILES string of the molecule is O=S(=O)(CCC1CCCC1)N1CCC(c2ncc3n2CCCC3)CC1. The highest BCUT2D eigenvalue weighted by molar-refractivity contribution is 7.89. The summed E-state index contributed by atoms with van der Waals surface area (Å²) in [7, 11) is -3.07. The number of imidazole rings is 1. The summed E-state index contributed by atoms with van der Waals surface area (Å²) in [4.78, 5) is 4.69. The third-order valence-corrected chi connectivity index (χ3v) is 8.41. The van der Waals surface area contributed by atoms with E-state index in [2.05, 4.69) is 4.57 Å². The zero-order chi connectivity index (χ0) is 17.3. The summed E-state index contributed by atoms with van der Waals surface area (Å²) in [6.07, 6.45) is 13.4. The van der Waals surface area contributed by atoms with Gasteiger partial charge in [-0.05, 0) is 44.4 Å². The van der Waals surface area contributed by atoms with Gasteiger partial charge in [0.25, 0.3) is 0 Å². The summed E-state index contributed by atoms with van der Waals surface area (Å²) in [5, 5.41) is 0. The first-order valence-electron chi connectivity index (χ1n) is 10.2. The molecule has 1 saturated carbocycles. The highest BCUT2D eigenvalue weighted by atomic mass is 32.2. The molecule has 0 radical (unpaired) electrons. The average molecular weight is 366 g/mol. The summed E-state index contributed by atoms with van der Waals surface area (Å²) in [6.45, 7) is 2.42. The smallest absolute Gasteiger partial charge is 0.214 e. The van der Waals surface area contributed by atoms with Crippen LogP contribution in [0.15, 0.2) is 6.20 Å². The highest BCUT2D eigenvalue weighted by Crippen LogP contribution is 2.32. The number of piperidine rings is 1. The van der Waals surface area contributed by atoms with Gasteiger partial charge in [0, 0.05) is 37.4 Å². The van der Waals surface area contributed by atoms with Gasteiger partial charge in [0.15, 0.2) is 0 Å². The minimum absolute atomic E-state index is 0.348. The van der Waals surface area contributed by atoms with Crippen molar-refractivity contribution in [3.8, 4) is 0 Å². The maximum Gasteiger partial charge on any atom is 0.214 e. The van der Waals surface area contributed by atoms with Crippen molar-refractivity contribution in [2.45, 2.75) is 76.7 Å². The molecule has 6 heteroatoms. The quantitative estimate of drug-likeness (QED) is 0.804. The molecule has 3 heterocycles. The Bertz CT molecular complexity index is 684. The second-order valence-corrected chi connectivity index (χ2v) is 10.2. The molecule has 0 spiro atoms. The number of hydrogen-bond donors (Lipinski definition) is 0. The minimum atomic E-state index is -3.07. The zero-order valence-corrected chi connectivity index (χ0v) is 16.0. The van der Waals surface area contributed by atoms with Gasteiger partial charge in [-0.3, -0.25) is 0 Å². The fourth-order valence-corrected chi connectivity index (χ4v) is 6.58. The Morgan fingerprint density at radius 2 is 1.76 bits per heavy atom. The van der Waals surface area contributed by atoms with Crippen molar-refractivity contribution in [3.05, 3.63) is 17.7 Å². The van der Waals surface area contributed by atoms with E-state index in [4.69, 9.17) is 4.98 Å². The number of fused-ring (bicyclic) bond motifs is 1. The Labute approximate surface area is 151 Å². The molecule has 4 rings (SSSR count). The molecule has 1 saturated heterocycles. The highest BCUT2D eigenvalue weighted by Gasteiger charge is 2.31. The van der Waals surface area contributed by atoms with E-state index in [1.807, 2.05) is 6.20 Å². The van der Waals surface area contributed by atoms with Crippen LogP contribution in [0.1, 0.15) is 75.2 Å². The molecule has 2 fully saturated rings. The molecule has 0 amide bonds. The van der Waals surface area contributed by atoms with Crippen LogP contribution in [0.5, 0.6) is 0 Å². The second kappa shape index (κ2) is 7.39. The maximum atomic E-state index is 12.7. The molecule has 25 heavy (non-hydrogen) atoms. The lowest BCUT2D eigenvalue weighted by atomic mass is 9.97. The molecule has 0 atom stereocenters. The number of hydrogen-bond acceptors (Lipinski definition) is 3. The van der Waals surface area contributed by atoms with Crippen LogP contribution < -0.4 is 0 Å².